The molecule has 0 aromatic carbocycles. The minimum atomic E-state index is -4.61. The van der Waals surface area contributed by atoms with Gasteiger partial charge in [0.2, 0.25) is 0 Å². The van der Waals surface area contributed by atoms with Crippen LogP contribution < -0.4 is 0 Å². The molecule has 2 N–H and O–H groups in total. The van der Waals surface area contributed by atoms with Gasteiger partial charge in [-0.1, -0.05) is 20.8 Å². The second-order valence-corrected chi connectivity index (χ2v) is 12.9. The minimum absolute atomic E-state index is 0.0446. The molecule has 5 heteroatoms. The van der Waals surface area contributed by atoms with Crippen LogP contribution in [0, 0.1) is 46.3 Å². The van der Waals surface area contributed by atoms with Gasteiger partial charge in [-0.3, -0.25) is 0 Å². The van der Waals surface area contributed by atoms with Gasteiger partial charge in [-0.25, -0.2) is 0 Å². The smallest absolute Gasteiger partial charge is 0.390 e. The normalized spacial score (nSPS) is 55.0. The van der Waals surface area contributed by atoms with E-state index in [-0.39, 0.29) is 23.2 Å². The zero-order valence-corrected chi connectivity index (χ0v) is 20.6. The van der Waals surface area contributed by atoms with Gasteiger partial charge in [0.25, 0.3) is 0 Å². The second-order valence-electron chi connectivity index (χ2n) is 12.9. The molecular weight excluding hydrogens is 413 g/mol. The van der Waals surface area contributed by atoms with Gasteiger partial charge in [-0.2, -0.15) is 13.2 Å². The maximum Gasteiger partial charge on any atom is 0.416 e. The summed E-state index contributed by atoms with van der Waals surface area (Å²) in [5.74, 6) is 0.696. The molecule has 2 nitrogen and oxygen atoms in total. The van der Waals surface area contributed by atoms with Crippen LogP contribution in [0.5, 0.6) is 0 Å². The van der Waals surface area contributed by atoms with E-state index in [1.807, 2.05) is 6.92 Å². The zero-order valence-electron chi connectivity index (χ0n) is 22.6. The molecule has 0 aromatic heterocycles. The highest BCUT2D eigenvalue weighted by Gasteiger charge is 2.61. The Morgan fingerprint density at radius 3 is 2.34 bits per heavy atom. The Bertz CT molecular complexity index is 786. The molecule has 32 heavy (non-hydrogen) atoms. The maximum atomic E-state index is 13.2. The molecule has 4 rings (SSSR count). The molecule has 11 atom stereocenters. The van der Waals surface area contributed by atoms with Gasteiger partial charge in [0.1, 0.15) is 0 Å². The summed E-state index contributed by atoms with van der Waals surface area (Å²) in [6.45, 7) is 9.31. The average molecular weight is 461 g/mol. The lowest BCUT2D eigenvalue weighted by atomic mass is 9.43. The van der Waals surface area contributed by atoms with Gasteiger partial charge in [0, 0.05) is 2.74 Å². The summed E-state index contributed by atoms with van der Waals surface area (Å²) >= 11 is 0. The van der Waals surface area contributed by atoms with E-state index in [4.69, 9.17) is 1.37 Å². The first kappa shape index (κ1) is 22.2. The first-order valence-corrected chi connectivity index (χ1v) is 12.8. The van der Waals surface area contributed by atoms with Crippen molar-refractivity contribution in [1.29, 1.82) is 0 Å². The molecule has 4 aliphatic carbocycles. The molecule has 0 aliphatic heterocycles. The van der Waals surface area contributed by atoms with Gasteiger partial charge in [0.15, 0.2) is 5.60 Å². The van der Waals surface area contributed by atoms with E-state index in [0.29, 0.717) is 49.4 Å². The molecule has 186 valence electrons. The molecular formula is C27H45F3O2. The van der Waals surface area contributed by atoms with E-state index < -0.39 is 29.7 Å². The molecule has 4 saturated carbocycles. The van der Waals surface area contributed by atoms with Crippen LogP contribution in [0.3, 0.4) is 0 Å². The Morgan fingerprint density at radius 2 is 1.69 bits per heavy atom. The Kier molecular flexibility index (Phi) is 5.45. The van der Waals surface area contributed by atoms with E-state index in [1.165, 1.54) is 0 Å². The molecule has 0 radical (unpaired) electrons. The monoisotopic (exact) mass is 460 g/mol. The van der Waals surface area contributed by atoms with E-state index in [9.17, 15) is 24.8 Å². The summed E-state index contributed by atoms with van der Waals surface area (Å²) in [5, 5.41) is 20.7. The predicted molar refractivity (Wildman–Crippen MR) is 121 cm³/mol. The van der Waals surface area contributed by atoms with Crippen molar-refractivity contribution >= 4 is 0 Å². The summed E-state index contributed by atoms with van der Waals surface area (Å²) < 4.78 is 58.0. The molecule has 0 saturated heterocycles. The van der Waals surface area contributed by atoms with Gasteiger partial charge in [0.05, 0.1) is 5.60 Å². The van der Waals surface area contributed by atoms with E-state index in [0.717, 1.165) is 39.0 Å². The molecule has 0 bridgehead atoms. The largest absolute Gasteiger partial charge is 0.416 e. The standard InChI is InChI=1S/C27H45F3O2/c1-17(10-13-26(5,32)27(28,29)30)20-8-9-21-19-7-6-18-16-23(2,31)14-15-24(18,3)22(19)11-12-25(20,21)4/h17-22,31-32H,6-16H2,1-5H3/t17-,18?,19?,20-,21?,22?,23+,24+,25-,26+/m1/s1/i6D,18D/t6?,17-,18?,19?,20-,21?,22?,23+,24+,25-,26+. The van der Waals surface area contributed by atoms with Crippen LogP contribution in [0.15, 0.2) is 0 Å². The number of alkyl halides is 3. The van der Waals surface area contributed by atoms with Gasteiger partial charge in [-0.15, -0.1) is 0 Å². The van der Waals surface area contributed by atoms with Crippen LogP contribution in [0.25, 0.3) is 0 Å². The Hall–Kier alpha value is -0.290. The van der Waals surface area contributed by atoms with Crippen LogP contribution in [0.4, 0.5) is 13.2 Å². The SMILES string of the molecule is [2H]C1CC2C3CC[C@H]([C@H](C)CC[C@](C)(O)C(F)(F)F)[C@@]3(C)CCC2[C@@]2(C)CC[C@](C)(O)CC12[2H]. The lowest BCUT2D eigenvalue weighted by molar-refractivity contribution is -0.256. The summed E-state index contributed by atoms with van der Waals surface area (Å²) in [6.07, 6.45) is 1.57. The number of aliphatic hydroxyl groups is 2. The fraction of sp³-hybridized carbons (Fsp3) is 1.00. The third-order valence-electron chi connectivity index (χ3n) is 10.8. The third-order valence-corrected chi connectivity index (χ3v) is 10.8. The van der Waals surface area contributed by atoms with Crippen LogP contribution in [-0.4, -0.2) is 27.6 Å². The average Bonchev–Trinajstić information content (AvgIpc) is 3.05. The van der Waals surface area contributed by atoms with Crippen LogP contribution >= 0.6 is 0 Å². The van der Waals surface area contributed by atoms with Crippen LogP contribution in [0.1, 0.15) is 108 Å². The third kappa shape index (κ3) is 3.95. The molecule has 4 fully saturated rings. The van der Waals surface area contributed by atoms with Crippen molar-refractivity contribution in [2.24, 2.45) is 46.3 Å². The van der Waals surface area contributed by atoms with E-state index in [2.05, 4.69) is 20.8 Å². The second kappa shape index (κ2) is 7.86. The zero-order chi connectivity index (χ0) is 25.5. The summed E-state index contributed by atoms with van der Waals surface area (Å²) in [5.41, 5.74) is -3.75. The fourth-order valence-electron chi connectivity index (χ4n) is 8.63. The summed E-state index contributed by atoms with van der Waals surface area (Å²) in [4.78, 5) is 0. The Morgan fingerprint density at radius 1 is 1.03 bits per heavy atom. The summed E-state index contributed by atoms with van der Waals surface area (Å²) in [7, 11) is 0. The lowest BCUT2D eigenvalue weighted by Gasteiger charge is -2.62. The Labute approximate surface area is 195 Å². The first-order chi connectivity index (χ1) is 15.4. The fourth-order valence-corrected chi connectivity index (χ4v) is 8.63. The van der Waals surface area contributed by atoms with Crippen LogP contribution in [-0.2, 0) is 0 Å². The minimum Gasteiger partial charge on any atom is -0.390 e. The molecule has 0 spiro atoms. The summed E-state index contributed by atoms with van der Waals surface area (Å²) in [6, 6.07) is 0. The van der Waals surface area contributed by atoms with Crippen molar-refractivity contribution in [2.45, 2.75) is 123 Å². The van der Waals surface area contributed by atoms with Gasteiger partial charge >= 0.3 is 6.18 Å². The van der Waals surface area contributed by atoms with Crippen molar-refractivity contribution in [1.82, 2.24) is 0 Å². The lowest BCUT2D eigenvalue weighted by Crippen LogP contribution is -2.55. The van der Waals surface area contributed by atoms with Crippen molar-refractivity contribution in [3.05, 3.63) is 0 Å². The highest BCUT2D eigenvalue weighted by molar-refractivity contribution is 5.10. The quantitative estimate of drug-likeness (QED) is 0.469. The first-order valence-electron chi connectivity index (χ1n) is 13.9. The van der Waals surface area contributed by atoms with Gasteiger partial charge < -0.3 is 10.2 Å². The maximum absolute atomic E-state index is 13.2. The predicted octanol–water partition coefficient (Wildman–Crippen LogP) is 7.13. The number of fused-ring (bicyclic) bond motifs is 5. The van der Waals surface area contributed by atoms with Crippen molar-refractivity contribution < 1.29 is 26.1 Å². The van der Waals surface area contributed by atoms with E-state index >= 15 is 0 Å². The van der Waals surface area contributed by atoms with E-state index in [1.54, 1.807) is 0 Å². The molecule has 0 amide bonds. The Balaban J connectivity index is 1.53. The van der Waals surface area contributed by atoms with Crippen molar-refractivity contribution in [2.75, 3.05) is 0 Å². The number of hydrogen-bond donors (Lipinski definition) is 2. The molecule has 0 aromatic rings. The molecule has 4 aliphatic rings. The number of rotatable bonds is 4. The van der Waals surface area contributed by atoms with Crippen molar-refractivity contribution in [3.63, 3.8) is 0 Å². The van der Waals surface area contributed by atoms with Gasteiger partial charge in [-0.05, 0) is 131 Å². The molecule has 0 heterocycles. The highest BCUT2D eigenvalue weighted by Crippen LogP contribution is 2.69. The number of halogens is 3. The van der Waals surface area contributed by atoms with Crippen LogP contribution in [0.2, 0.25) is 0 Å². The van der Waals surface area contributed by atoms with Crippen molar-refractivity contribution in [3.8, 4) is 0 Å². The molecule has 5 unspecified atom stereocenters. The topological polar surface area (TPSA) is 40.5 Å². The highest BCUT2D eigenvalue weighted by atomic mass is 19.4. The number of hydrogen-bond acceptors (Lipinski definition) is 2.